The molecule has 0 saturated heterocycles. The van der Waals surface area contributed by atoms with Crippen LogP contribution in [-0.2, 0) is 6.18 Å². The summed E-state index contributed by atoms with van der Waals surface area (Å²) in [6.07, 6.45) is -4.52. The van der Waals surface area contributed by atoms with Crippen molar-refractivity contribution in [2.24, 2.45) is 0 Å². The van der Waals surface area contributed by atoms with Crippen LogP contribution in [0.2, 0.25) is 0 Å². The highest BCUT2D eigenvalue weighted by Crippen LogP contribution is 2.38. The van der Waals surface area contributed by atoms with Gasteiger partial charge < -0.3 is 5.32 Å². The normalized spacial score (nSPS) is 11.3. The van der Waals surface area contributed by atoms with Gasteiger partial charge in [-0.1, -0.05) is 78.1 Å². The van der Waals surface area contributed by atoms with E-state index >= 15 is 0 Å². The fourth-order valence-corrected chi connectivity index (χ4v) is 3.90. The summed E-state index contributed by atoms with van der Waals surface area (Å²) in [5.41, 5.74) is 1.32. The van der Waals surface area contributed by atoms with Crippen LogP contribution in [0.3, 0.4) is 0 Å². The van der Waals surface area contributed by atoms with Crippen molar-refractivity contribution in [3.05, 3.63) is 96.1 Å². The van der Waals surface area contributed by atoms with E-state index in [9.17, 15) is 18.0 Å². The SMILES string of the molecule is O=C(Nc1sc(-c2ccccc2)nc1-c1ccccc1)c1cccc(C(F)(F)F)c1. The molecular weight excluding hydrogens is 409 g/mol. The second kappa shape index (κ2) is 8.12. The fourth-order valence-electron chi connectivity index (χ4n) is 2.91. The summed E-state index contributed by atoms with van der Waals surface area (Å²) in [4.78, 5) is 17.4. The highest BCUT2D eigenvalue weighted by molar-refractivity contribution is 7.19. The monoisotopic (exact) mass is 424 g/mol. The van der Waals surface area contributed by atoms with Gasteiger partial charge in [0.15, 0.2) is 0 Å². The average molecular weight is 424 g/mol. The largest absolute Gasteiger partial charge is 0.416 e. The second-order valence-corrected chi connectivity index (χ2v) is 7.46. The van der Waals surface area contributed by atoms with E-state index in [0.717, 1.165) is 23.3 Å². The molecule has 0 fully saturated rings. The van der Waals surface area contributed by atoms with Crippen molar-refractivity contribution in [2.45, 2.75) is 6.18 Å². The number of hydrogen-bond donors (Lipinski definition) is 1. The molecule has 4 aromatic rings. The molecule has 0 bridgehead atoms. The van der Waals surface area contributed by atoms with Crippen LogP contribution in [0, 0.1) is 0 Å². The molecule has 3 aromatic carbocycles. The number of alkyl halides is 3. The van der Waals surface area contributed by atoms with Gasteiger partial charge in [0.1, 0.15) is 15.7 Å². The highest BCUT2D eigenvalue weighted by Gasteiger charge is 2.31. The molecule has 1 N–H and O–H groups in total. The zero-order valence-corrected chi connectivity index (χ0v) is 16.3. The van der Waals surface area contributed by atoms with Gasteiger partial charge in [-0.25, -0.2) is 4.98 Å². The number of nitrogens with zero attached hydrogens (tertiary/aromatic N) is 1. The minimum absolute atomic E-state index is 0.0708. The van der Waals surface area contributed by atoms with E-state index in [1.54, 1.807) is 0 Å². The topological polar surface area (TPSA) is 42.0 Å². The van der Waals surface area contributed by atoms with Gasteiger partial charge in [-0.3, -0.25) is 4.79 Å². The van der Waals surface area contributed by atoms with Crippen molar-refractivity contribution < 1.29 is 18.0 Å². The molecule has 7 heteroatoms. The van der Waals surface area contributed by atoms with Crippen molar-refractivity contribution in [1.82, 2.24) is 4.98 Å². The Morgan fingerprint density at radius 1 is 0.833 bits per heavy atom. The van der Waals surface area contributed by atoms with Gasteiger partial charge in [0, 0.05) is 16.7 Å². The number of rotatable bonds is 4. The number of halogens is 3. The second-order valence-electron chi connectivity index (χ2n) is 6.46. The van der Waals surface area contributed by atoms with Gasteiger partial charge in [0.25, 0.3) is 5.91 Å². The van der Waals surface area contributed by atoms with E-state index in [4.69, 9.17) is 0 Å². The summed E-state index contributed by atoms with van der Waals surface area (Å²) in [7, 11) is 0. The molecule has 1 aromatic heterocycles. The maximum absolute atomic E-state index is 13.0. The lowest BCUT2D eigenvalue weighted by molar-refractivity contribution is -0.137. The van der Waals surface area contributed by atoms with Crippen molar-refractivity contribution in [3.63, 3.8) is 0 Å². The molecule has 0 radical (unpaired) electrons. The summed E-state index contributed by atoms with van der Waals surface area (Å²) in [6.45, 7) is 0. The van der Waals surface area contributed by atoms with Crippen LogP contribution in [0.15, 0.2) is 84.9 Å². The minimum atomic E-state index is -4.52. The molecule has 0 unspecified atom stereocenters. The Bertz CT molecular complexity index is 1170. The van der Waals surface area contributed by atoms with Gasteiger partial charge in [-0.15, -0.1) is 0 Å². The molecule has 0 spiro atoms. The molecule has 0 saturated carbocycles. The maximum Gasteiger partial charge on any atom is 0.416 e. The number of thiazole rings is 1. The van der Waals surface area contributed by atoms with Crippen LogP contribution < -0.4 is 5.32 Å². The Hall–Kier alpha value is -3.45. The van der Waals surface area contributed by atoms with Crippen LogP contribution in [0.1, 0.15) is 15.9 Å². The predicted octanol–water partition coefficient (Wildman–Crippen LogP) is 6.75. The lowest BCUT2D eigenvalue weighted by Crippen LogP contribution is -2.13. The van der Waals surface area contributed by atoms with Crippen LogP contribution in [0.5, 0.6) is 0 Å². The molecule has 150 valence electrons. The lowest BCUT2D eigenvalue weighted by atomic mass is 10.1. The van der Waals surface area contributed by atoms with Crippen molar-refractivity contribution in [2.75, 3.05) is 5.32 Å². The Labute approximate surface area is 174 Å². The Balaban J connectivity index is 1.71. The maximum atomic E-state index is 13.0. The van der Waals surface area contributed by atoms with E-state index < -0.39 is 17.6 Å². The number of anilines is 1. The predicted molar refractivity (Wildman–Crippen MR) is 112 cm³/mol. The molecule has 0 aliphatic heterocycles. The third-order valence-corrected chi connectivity index (χ3v) is 5.39. The Morgan fingerprint density at radius 2 is 1.47 bits per heavy atom. The van der Waals surface area contributed by atoms with Gasteiger partial charge >= 0.3 is 6.18 Å². The van der Waals surface area contributed by atoms with Gasteiger partial charge in [0.2, 0.25) is 0 Å². The Kier molecular flexibility index (Phi) is 5.37. The fraction of sp³-hybridized carbons (Fsp3) is 0.0435. The number of benzene rings is 3. The molecule has 1 heterocycles. The number of nitrogens with one attached hydrogen (secondary N) is 1. The standard InChI is InChI=1S/C23H15F3N2OS/c24-23(25,26)18-13-7-12-17(14-18)20(29)28-22-19(15-8-3-1-4-9-15)27-21(30-22)16-10-5-2-6-11-16/h1-14H,(H,28,29). The van der Waals surface area contributed by atoms with E-state index in [-0.39, 0.29) is 5.56 Å². The van der Waals surface area contributed by atoms with Gasteiger partial charge in [0.05, 0.1) is 5.56 Å². The lowest BCUT2D eigenvalue weighted by Gasteiger charge is -2.09. The van der Waals surface area contributed by atoms with Crippen LogP contribution in [-0.4, -0.2) is 10.9 Å². The Morgan fingerprint density at radius 3 is 2.10 bits per heavy atom. The summed E-state index contributed by atoms with van der Waals surface area (Å²) in [5, 5.41) is 3.92. The molecule has 4 rings (SSSR count). The minimum Gasteiger partial charge on any atom is -0.312 e. The van der Waals surface area contributed by atoms with Crippen molar-refractivity contribution in [1.29, 1.82) is 0 Å². The summed E-state index contributed by atoms with van der Waals surface area (Å²) < 4.78 is 39.0. The van der Waals surface area contributed by atoms with Crippen molar-refractivity contribution >= 4 is 22.2 Å². The molecule has 0 aliphatic rings. The molecule has 3 nitrogen and oxygen atoms in total. The first-order valence-corrected chi connectivity index (χ1v) is 9.84. The number of carbonyl (C=O) groups excluding carboxylic acids is 1. The van der Waals surface area contributed by atoms with Gasteiger partial charge in [-0.2, -0.15) is 13.2 Å². The molecule has 0 atom stereocenters. The third kappa shape index (κ3) is 4.26. The number of amides is 1. The van der Waals surface area contributed by atoms with Gasteiger partial charge in [-0.05, 0) is 18.2 Å². The molecule has 1 amide bonds. The molecule has 30 heavy (non-hydrogen) atoms. The molecule has 0 aliphatic carbocycles. The van der Waals surface area contributed by atoms with Crippen LogP contribution >= 0.6 is 11.3 Å². The molecular formula is C23H15F3N2OS. The zero-order chi connectivity index (χ0) is 21.1. The third-order valence-electron chi connectivity index (χ3n) is 4.37. The highest BCUT2D eigenvalue weighted by atomic mass is 32.1. The van der Waals surface area contributed by atoms with Crippen molar-refractivity contribution in [3.8, 4) is 21.8 Å². The zero-order valence-electron chi connectivity index (χ0n) is 15.5. The van der Waals surface area contributed by atoms with E-state index in [2.05, 4.69) is 10.3 Å². The van der Waals surface area contributed by atoms with E-state index in [0.29, 0.717) is 15.7 Å². The average Bonchev–Trinajstić information content (AvgIpc) is 3.18. The van der Waals surface area contributed by atoms with Crippen LogP contribution in [0.25, 0.3) is 21.8 Å². The number of aromatic nitrogens is 1. The summed E-state index contributed by atoms with van der Waals surface area (Å²) >= 11 is 1.27. The first kappa shape index (κ1) is 19.8. The number of carbonyl (C=O) groups is 1. The van der Waals surface area contributed by atoms with Crippen LogP contribution in [0.4, 0.5) is 18.2 Å². The summed E-state index contributed by atoms with van der Waals surface area (Å²) in [5.74, 6) is -0.624. The van der Waals surface area contributed by atoms with E-state index in [1.165, 1.54) is 23.5 Å². The number of hydrogen-bond acceptors (Lipinski definition) is 3. The first-order valence-electron chi connectivity index (χ1n) is 9.02. The van der Waals surface area contributed by atoms with E-state index in [1.807, 2.05) is 60.7 Å². The quantitative estimate of drug-likeness (QED) is 0.394. The smallest absolute Gasteiger partial charge is 0.312 e. The first-order chi connectivity index (χ1) is 14.4. The summed E-state index contributed by atoms with van der Waals surface area (Å²) in [6, 6.07) is 23.2.